The highest BCUT2D eigenvalue weighted by Gasteiger charge is 2.28. The van der Waals surface area contributed by atoms with Gasteiger partial charge < -0.3 is 19.2 Å². The number of carboxylic acids is 1. The Balaban J connectivity index is 1.55. The molecule has 1 N–H and O–H groups in total. The third-order valence-electron chi connectivity index (χ3n) is 4.63. The van der Waals surface area contributed by atoms with Crippen LogP contribution in [0.4, 0.5) is 0 Å². The van der Waals surface area contributed by atoms with E-state index in [1.807, 2.05) is 30.3 Å². The van der Waals surface area contributed by atoms with Gasteiger partial charge in [0, 0.05) is 18.7 Å². The van der Waals surface area contributed by atoms with Crippen LogP contribution in [0.25, 0.3) is 0 Å². The first-order valence-electron chi connectivity index (χ1n) is 8.78. The number of likely N-dealkylation sites (tertiary alicyclic amines) is 1. The van der Waals surface area contributed by atoms with Gasteiger partial charge >= 0.3 is 5.97 Å². The van der Waals surface area contributed by atoms with Crippen molar-refractivity contribution in [3.8, 4) is 0 Å². The first-order valence-corrected chi connectivity index (χ1v) is 8.78. The van der Waals surface area contributed by atoms with E-state index in [0.29, 0.717) is 30.8 Å². The molecule has 6 heteroatoms. The molecular weight excluding hydrogens is 334 g/mol. The first-order chi connectivity index (χ1) is 12.5. The minimum Gasteiger partial charge on any atom is -0.481 e. The predicted molar refractivity (Wildman–Crippen MR) is 94.9 cm³/mol. The van der Waals surface area contributed by atoms with Crippen molar-refractivity contribution in [1.82, 2.24) is 4.90 Å². The van der Waals surface area contributed by atoms with Crippen LogP contribution in [0.1, 0.15) is 40.1 Å². The van der Waals surface area contributed by atoms with Crippen LogP contribution >= 0.6 is 0 Å². The summed E-state index contributed by atoms with van der Waals surface area (Å²) >= 11 is 0. The first kappa shape index (κ1) is 18.2. The van der Waals surface area contributed by atoms with Gasteiger partial charge in [-0.2, -0.15) is 0 Å². The number of ether oxygens (including phenoxy) is 1. The molecular formula is C20H23NO5. The number of nitrogens with zero attached hydrogens (tertiary/aromatic N) is 1. The van der Waals surface area contributed by atoms with E-state index in [1.165, 1.54) is 6.26 Å². The summed E-state index contributed by atoms with van der Waals surface area (Å²) in [5.74, 6) is -0.946. The van der Waals surface area contributed by atoms with Crippen LogP contribution in [0.15, 0.2) is 41.0 Å². The van der Waals surface area contributed by atoms with Gasteiger partial charge in [0.05, 0.1) is 24.5 Å². The number of rotatable bonds is 6. The number of hydrogen-bond donors (Lipinski definition) is 1. The van der Waals surface area contributed by atoms with Crippen molar-refractivity contribution in [2.45, 2.75) is 38.9 Å². The Morgan fingerprint density at radius 3 is 2.58 bits per heavy atom. The molecule has 1 amide bonds. The quantitative estimate of drug-likeness (QED) is 0.859. The van der Waals surface area contributed by atoms with Crippen LogP contribution < -0.4 is 0 Å². The molecule has 138 valence electrons. The molecule has 0 unspecified atom stereocenters. The fraction of sp³-hybridized carbons (Fsp3) is 0.400. The Morgan fingerprint density at radius 1 is 1.23 bits per heavy atom. The molecule has 3 rings (SSSR count). The topological polar surface area (TPSA) is 80.0 Å². The van der Waals surface area contributed by atoms with Crippen molar-refractivity contribution in [3.05, 3.63) is 59.0 Å². The molecule has 1 aromatic heterocycles. The maximum absolute atomic E-state index is 12.8. The van der Waals surface area contributed by atoms with Crippen LogP contribution in [0.2, 0.25) is 0 Å². The summed E-state index contributed by atoms with van der Waals surface area (Å²) in [6, 6.07) is 10.0. The molecule has 1 aliphatic rings. The molecule has 0 aliphatic carbocycles. The van der Waals surface area contributed by atoms with Crippen LogP contribution in [0.5, 0.6) is 0 Å². The third-order valence-corrected chi connectivity index (χ3v) is 4.63. The van der Waals surface area contributed by atoms with Crippen molar-refractivity contribution in [1.29, 1.82) is 0 Å². The van der Waals surface area contributed by atoms with Gasteiger partial charge in [0.2, 0.25) is 0 Å². The number of benzene rings is 1. The molecule has 1 fully saturated rings. The van der Waals surface area contributed by atoms with Crippen LogP contribution in [0.3, 0.4) is 0 Å². The molecule has 0 bridgehead atoms. The van der Waals surface area contributed by atoms with Gasteiger partial charge in [0.15, 0.2) is 0 Å². The van der Waals surface area contributed by atoms with E-state index in [1.54, 1.807) is 11.8 Å². The molecule has 2 aromatic rings. The monoisotopic (exact) mass is 357 g/mol. The lowest BCUT2D eigenvalue weighted by molar-refractivity contribution is -0.136. The number of piperidine rings is 1. The molecule has 2 heterocycles. The highest BCUT2D eigenvalue weighted by Crippen LogP contribution is 2.23. The molecule has 0 atom stereocenters. The van der Waals surface area contributed by atoms with E-state index in [-0.39, 0.29) is 24.2 Å². The molecule has 0 radical (unpaired) electrons. The minimum atomic E-state index is -1.01. The number of carbonyl (C=O) groups excluding carboxylic acids is 1. The number of hydrogen-bond acceptors (Lipinski definition) is 4. The average molecular weight is 357 g/mol. The highest BCUT2D eigenvalue weighted by atomic mass is 16.5. The molecule has 1 aromatic carbocycles. The smallest absolute Gasteiger partial charge is 0.311 e. The molecule has 0 spiro atoms. The Hall–Kier alpha value is -2.60. The number of furan rings is 1. The Bertz CT molecular complexity index is 760. The zero-order valence-corrected chi connectivity index (χ0v) is 14.8. The predicted octanol–water partition coefficient (Wildman–Crippen LogP) is 3.04. The summed E-state index contributed by atoms with van der Waals surface area (Å²) in [7, 11) is 0. The molecule has 1 saturated heterocycles. The number of carboxylic acid groups (broad SMARTS) is 1. The van der Waals surface area contributed by atoms with Crippen molar-refractivity contribution in [2.24, 2.45) is 0 Å². The Labute approximate surface area is 152 Å². The van der Waals surface area contributed by atoms with Gasteiger partial charge in [-0.05, 0) is 25.3 Å². The fourth-order valence-corrected chi connectivity index (χ4v) is 3.22. The lowest BCUT2D eigenvalue weighted by Gasteiger charge is -2.32. The van der Waals surface area contributed by atoms with Gasteiger partial charge in [-0.1, -0.05) is 30.3 Å². The van der Waals surface area contributed by atoms with Crippen LogP contribution in [-0.2, 0) is 22.6 Å². The fourth-order valence-electron chi connectivity index (χ4n) is 3.22. The van der Waals surface area contributed by atoms with Crippen molar-refractivity contribution in [2.75, 3.05) is 13.1 Å². The lowest BCUT2D eigenvalue weighted by Crippen LogP contribution is -2.41. The highest BCUT2D eigenvalue weighted by molar-refractivity contribution is 5.97. The zero-order chi connectivity index (χ0) is 18.5. The van der Waals surface area contributed by atoms with Gasteiger partial charge in [0.25, 0.3) is 5.91 Å². The number of aryl methyl sites for hydroxylation is 1. The van der Waals surface area contributed by atoms with E-state index in [9.17, 15) is 9.59 Å². The Morgan fingerprint density at radius 2 is 1.92 bits per heavy atom. The molecule has 26 heavy (non-hydrogen) atoms. The van der Waals surface area contributed by atoms with E-state index in [2.05, 4.69) is 0 Å². The number of aliphatic carboxylic acids is 1. The van der Waals surface area contributed by atoms with E-state index in [4.69, 9.17) is 14.3 Å². The number of carbonyl (C=O) groups is 2. The number of amides is 1. The normalized spacial score (nSPS) is 15.2. The maximum Gasteiger partial charge on any atom is 0.311 e. The maximum atomic E-state index is 12.8. The SMILES string of the molecule is Cc1coc(CC(=O)O)c1C(=O)N1CCC(OCc2ccccc2)CC1. The minimum absolute atomic E-state index is 0.128. The second kappa shape index (κ2) is 8.19. The van der Waals surface area contributed by atoms with Crippen molar-refractivity contribution < 1.29 is 23.8 Å². The van der Waals surface area contributed by atoms with Gasteiger partial charge in [-0.3, -0.25) is 9.59 Å². The molecule has 6 nitrogen and oxygen atoms in total. The standard InChI is InChI=1S/C20H23NO5/c1-14-12-26-17(11-18(22)23)19(14)20(24)21-9-7-16(8-10-21)25-13-15-5-3-2-4-6-15/h2-6,12,16H,7-11,13H2,1H3,(H,22,23). The van der Waals surface area contributed by atoms with Gasteiger partial charge in [-0.25, -0.2) is 0 Å². The third kappa shape index (κ3) is 4.32. The van der Waals surface area contributed by atoms with Crippen molar-refractivity contribution >= 4 is 11.9 Å². The van der Waals surface area contributed by atoms with Crippen LogP contribution in [0, 0.1) is 6.92 Å². The zero-order valence-electron chi connectivity index (χ0n) is 14.8. The second-order valence-corrected chi connectivity index (χ2v) is 6.58. The van der Waals surface area contributed by atoms with E-state index < -0.39 is 5.97 Å². The van der Waals surface area contributed by atoms with Crippen molar-refractivity contribution in [3.63, 3.8) is 0 Å². The van der Waals surface area contributed by atoms with E-state index in [0.717, 1.165) is 18.4 Å². The Kier molecular flexibility index (Phi) is 5.73. The van der Waals surface area contributed by atoms with E-state index >= 15 is 0 Å². The summed E-state index contributed by atoms with van der Waals surface area (Å²) in [4.78, 5) is 25.5. The largest absolute Gasteiger partial charge is 0.481 e. The summed E-state index contributed by atoms with van der Waals surface area (Å²) in [5, 5.41) is 8.98. The summed E-state index contributed by atoms with van der Waals surface area (Å²) in [5.41, 5.74) is 2.20. The second-order valence-electron chi connectivity index (χ2n) is 6.58. The average Bonchev–Trinajstić information content (AvgIpc) is 3.00. The van der Waals surface area contributed by atoms with Gasteiger partial charge in [0.1, 0.15) is 12.2 Å². The summed E-state index contributed by atoms with van der Waals surface area (Å²) in [6.07, 6.45) is 2.82. The molecule has 1 aliphatic heterocycles. The summed E-state index contributed by atoms with van der Waals surface area (Å²) in [6.45, 7) is 3.52. The molecule has 0 saturated carbocycles. The summed E-state index contributed by atoms with van der Waals surface area (Å²) < 4.78 is 11.2. The van der Waals surface area contributed by atoms with Gasteiger partial charge in [-0.15, -0.1) is 0 Å². The van der Waals surface area contributed by atoms with Crippen LogP contribution in [-0.4, -0.2) is 41.1 Å². The lowest BCUT2D eigenvalue weighted by atomic mass is 10.0.